The number of hydrogen-bond acceptors (Lipinski definition) is 4. The van der Waals surface area contributed by atoms with Crippen LogP contribution in [0, 0.1) is 5.92 Å². The summed E-state index contributed by atoms with van der Waals surface area (Å²) in [5, 5.41) is 14.0. The van der Waals surface area contributed by atoms with E-state index in [0.717, 1.165) is 12.7 Å². The maximum Gasteiger partial charge on any atom is 0.326 e. The SMILES string of the molecule is CCC(NC(=O)NC(CCS(C)(=O)=O)C(=O)O)C(C)C. The van der Waals surface area contributed by atoms with Crippen LogP contribution < -0.4 is 10.6 Å². The fourth-order valence-electron chi connectivity index (χ4n) is 1.70. The number of carbonyl (C=O) groups is 2. The third-order valence-corrected chi connectivity index (χ3v) is 3.92. The topological polar surface area (TPSA) is 113 Å². The van der Waals surface area contributed by atoms with Crippen molar-refractivity contribution in [1.29, 1.82) is 0 Å². The van der Waals surface area contributed by atoms with E-state index in [1.165, 1.54) is 0 Å². The van der Waals surface area contributed by atoms with Gasteiger partial charge >= 0.3 is 12.0 Å². The van der Waals surface area contributed by atoms with Gasteiger partial charge in [0.2, 0.25) is 0 Å². The van der Waals surface area contributed by atoms with Gasteiger partial charge in [-0.1, -0.05) is 20.8 Å². The van der Waals surface area contributed by atoms with Gasteiger partial charge in [0.1, 0.15) is 15.9 Å². The minimum absolute atomic E-state index is 0.0562. The predicted octanol–water partition coefficient (Wildman–Crippen LogP) is 0.608. The third-order valence-electron chi connectivity index (χ3n) is 2.94. The third kappa shape index (κ3) is 7.98. The molecule has 20 heavy (non-hydrogen) atoms. The van der Waals surface area contributed by atoms with Crippen LogP contribution in [-0.4, -0.2) is 49.6 Å². The fraction of sp³-hybridized carbons (Fsp3) is 0.833. The van der Waals surface area contributed by atoms with Crippen LogP contribution in [0.2, 0.25) is 0 Å². The zero-order valence-corrected chi connectivity index (χ0v) is 13.2. The standard InChI is InChI=1S/C12H24N2O5S/c1-5-9(8(2)3)13-12(17)14-10(11(15)16)6-7-20(4,18)19/h8-10H,5-7H2,1-4H3,(H,15,16)(H2,13,14,17). The summed E-state index contributed by atoms with van der Waals surface area (Å²) in [6.07, 6.45) is 1.60. The second-order valence-corrected chi connectivity index (χ2v) is 7.45. The summed E-state index contributed by atoms with van der Waals surface area (Å²) in [5.74, 6) is -1.31. The first-order chi connectivity index (χ1) is 9.06. The van der Waals surface area contributed by atoms with Crippen molar-refractivity contribution in [2.24, 2.45) is 5.92 Å². The fourth-order valence-corrected chi connectivity index (χ4v) is 2.36. The number of amides is 2. The van der Waals surface area contributed by atoms with Gasteiger partial charge in [-0.3, -0.25) is 0 Å². The Bertz CT molecular complexity index is 433. The van der Waals surface area contributed by atoms with Crippen molar-refractivity contribution < 1.29 is 23.1 Å². The highest BCUT2D eigenvalue weighted by Crippen LogP contribution is 2.05. The number of carboxylic acids is 1. The molecule has 8 heteroatoms. The lowest BCUT2D eigenvalue weighted by atomic mass is 10.0. The van der Waals surface area contributed by atoms with Crippen molar-refractivity contribution in [3.63, 3.8) is 0 Å². The second kappa shape index (κ2) is 8.08. The summed E-state index contributed by atoms with van der Waals surface area (Å²) in [7, 11) is -3.26. The van der Waals surface area contributed by atoms with Crippen LogP contribution in [0.3, 0.4) is 0 Å². The summed E-state index contributed by atoms with van der Waals surface area (Å²) in [4.78, 5) is 22.7. The van der Waals surface area contributed by atoms with Gasteiger partial charge in [-0.05, 0) is 18.8 Å². The molecule has 118 valence electrons. The Labute approximate surface area is 120 Å². The van der Waals surface area contributed by atoms with Gasteiger partial charge in [0.15, 0.2) is 0 Å². The van der Waals surface area contributed by atoms with E-state index >= 15 is 0 Å². The molecular weight excluding hydrogens is 284 g/mol. The molecule has 0 aromatic carbocycles. The monoisotopic (exact) mass is 308 g/mol. The highest BCUT2D eigenvalue weighted by molar-refractivity contribution is 7.90. The number of sulfone groups is 1. The molecule has 0 aromatic heterocycles. The van der Waals surface area contributed by atoms with Gasteiger partial charge in [-0.15, -0.1) is 0 Å². The Morgan fingerprint density at radius 3 is 2.10 bits per heavy atom. The normalized spacial score (nSPS) is 14.7. The molecule has 0 saturated carbocycles. The molecule has 0 spiro atoms. The molecule has 0 aliphatic carbocycles. The van der Waals surface area contributed by atoms with Gasteiger partial charge in [0.25, 0.3) is 0 Å². The maximum atomic E-state index is 11.7. The van der Waals surface area contributed by atoms with Crippen LogP contribution in [0.1, 0.15) is 33.6 Å². The number of carbonyl (C=O) groups excluding carboxylic acids is 1. The zero-order valence-electron chi connectivity index (χ0n) is 12.3. The largest absolute Gasteiger partial charge is 0.480 e. The van der Waals surface area contributed by atoms with Crippen LogP contribution in [0.25, 0.3) is 0 Å². The molecule has 3 N–H and O–H groups in total. The number of nitrogens with one attached hydrogen (secondary N) is 2. The number of hydrogen-bond donors (Lipinski definition) is 3. The molecule has 7 nitrogen and oxygen atoms in total. The highest BCUT2D eigenvalue weighted by Gasteiger charge is 2.23. The molecule has 2 amide bonds. The number of carboxylic acid groups (broad SMARTS) is 1. The van der Waals surface area contributed by atoms with E-state index in [-0.39, 0.29) is 24.1 Å². The molecule has 0 radical (unpaired) electrons. The molecule has 2 atom stereocenters. The molecule has 0 aliphatic rings. The van der Waals surface area contributed by atoms with Crippen LogP contribution in [-0.2, 0) is 14.6 Å². The number of urea groups is 1. The van der Waals surface area contributed by atoms with E-state index in [1.807, 2.05) is 20.8 Å². The lowest BCUT2D eigenvalue weighted by Gasteiger charge is -2.22. The van der Waals surface area contributed by atoms with E-state index in [2.05, 4.69) is 10.6 Å². The molecule has 0 aliphatic heterocycles. The van der Waals surface area contributed by atoms with E-state index in [1.54, 1.807) is 0 Å². The molecule has 0 fully saturated rings. The molecular formula is C12H24N2O5S. The average molecular weight is 308 g/mol. The summed E-state index contributed by atoms with van der Waals surface area (Å²) in [6, 6.07) is -1.86. The maximum absolute atomic E-state index is 11.7. The summed E-state index contributed by atoms with van der Waals surface area (Å²) in [5.41, 5.74) is 0. The van der Waals surface area contributed by atoms with Gasteiger partial charge in [0, 0.05) is 12.3 Å². The van der Waals surface area contributed by atoms with Crippen molar-refractivity contribution in [1.82, 2.24) is 10.6 Å². The molecule has 0 bridgehead atoms. The van der Waals surface area contributed by atoms with Gasteiger partial charge in [0.05, 0.1) is 5.75 Å². The Hall–Kier alpha value is -1.31. The van der Waals surface area contributed by atoms with Gasteiger partial charge in [-0.25, -0.2) is 18.0 Å². The number of rotatable bonds is 8. The predicted molar refractivity (Wildman–Crippen MR) is 76.3 cm³/mol. The van der Waals surface area contributed by atoms with E-state index in [0.29, 0.717) is 0 Å². The van der Waals surface area contributed by atoms with Crippen molar-refractivity contribution in [2.45, 2.75) is 45.7 Å². The lowest BCUT2D eigenvalue weighted by molar-refractivity contribution is -0.139. The van der Waals surface area contributed by atoms with Gasteiger partial charge < -0.3 is 15.7 Å². The molecule has 0 heterocycles. The van der Waals surface area contributed by atoms with E-state index < -0.39 is 27.9 Å². The highest BCUT2D eigenvalue weighted by atomic mass is 32.2. The Balaban J connectivity index is 4.52. The van der Waals surface area contributed by atoms with Crippen molar-refractivity contribution in [2.75, 3.05) is 12.0 Å². The minimum Gasteiger partial charge on any atom is -0.480 e. The molecule has 0 aromatic rings. The second-order valence-electron chi connectivity index (χ2n) is 5.19. The van der Waals surface area contributed by atoms with E-state index in [4.69, 9.17) is 5.11 Å². The van der Waals surface area contributed by atoms with Crippen LogP contribution in [0.5, 0.6) is 0 Å². The Kier molecular flexibility index (Phi) is 7.55. The summed E-state index contributed by atoms with van der Waals surface area (Å²) in [6.45, 7) is 5.82. The lowest BCUT2D eigenvalue weighted by Crippen LogP contribution is -2.50. The average Bonchev–Trinajstić information content (AvgIpc) is 2.29. The summed E-state index contributed by atoms with van der Waals surface area (Å²) < 4.78 is 22.1. The summed E-state index contributed by atoms with van der Waals surface area (Å²) >= 11 is 0. The van der Waals surface area contributed by atoms with Crippen molar-refractivity contribution in [3.05, 3.63) is 0 Å². The smallest absolute Gasteiger partial charge is 0.326 e. The van der Waals surface area contributed by atoms with Crippen LogP contribution in [0.4, 0.5) is 4.79 Å². The van der Waals surface area contributed by atoms with E-state index in [9.17, 15) is 18.0 Å². The first-order valence-electron chi connectivity index (χ1n) is 6.54. The number of aliphatic carboxylic acids is 1. The van der Waals surface area contributed by atoms with Crippen LogP contribution >= 0.6 is 0 Å². The Morgan fingerprint density at radius 2 is 1.75 bits per heavy atom. The first-order valence-corrected chi connectivity index (χ1v) is 8.60. The molecule has 0 rings (SSSR count). The quantitative estimate of drug-likeness (QED) is 0.608. The van der Waals surface area contributed by atoms with Crippen molar-refractivity contribution in [3.8, 4) is 0 Å². The van der Waals surface area contributed by atoms with Crippen LogP contribution in [0.15, 0.2) is 0 Å². The van der Waals surface area contributed by atoms with Gasteiger partial charge in [-0.2, -0.15) is 0 Å². The minimum atomic E-state index is -3.26. The molecule has 0 saturated heterocycles. The van der Waals surface area contributed by atoms with Crippen molar-refractivity contribution >= 4 is 21.8 Å². The molecule has 2 unspecified atom stereocenters. The first kappa shape index (κ1) is 18.7. The zero-order chi connectivity index (χ0) is 15.9. The Morgan fingerprint density at radius 1 is 1.20 bits per heavy atom.